The SMILES string of the molecule is O=C(c1cccc(Br)c1)N1CCC(c2nnc(C3CC3)o2)CC1. The molecule has 0 unspecified atom stereocenters. The van der Waals surface area contributed by atoms with Crippen LogP contribution in [-0.2, 0) is 0 Å². The Hall–Kier alpha value is -1.69. The van der Waals surface area contributed by atoms with E-state index >= 15 is 0 Å². The Balaban J connectivity index is 1.39. The number of amides is 1. The fraction of sp³-hybridized carbons (Fsp3) is 0.471. The Morgan fingerprint density at radius 3 is 2.35 bits per heavy atom. The average molecular weight is 376 g/mol. The Morgan fingerprint density at radius 1 is 1.09 bits per heavy atom. The van der Waals surface area contributed by atoms with Crippen LogP contribution in [0.4, 0.5) is 0 Å². The van der Waals surface area contributed by atoms with Crippen LogP contribution in [0.15, 0.2) is 33.2 Å². The summed E-state index contributed by atoms with van der Waals surface area (Å²) in [6.45, 7) is 1.47. The summed E-state index contributed by atoms with van der Waals surface area (Å²) >= 11 is 3.42. The standard InChI is InChI=1S/C17H18BrN3O2/c18-14-3-1-2-13(10-14)17(22)21-8-6-12(7-9-21)16-20-19-15(23-16)11-4-5-11/h1-3,10-12H,4-9H2. The van der Waals surface area contributed by atoms with E-state index in [1.807, 2.05) is 29.2 Å². The monoisotopic (exact) mass is 375 g/mol. The second kappa shape index (κ2) is 6.07. The van der Waals surface area contributed by atoms with Crippen LogP contribution in [0, 0.1) is 0 Å². The molecule has 1 aliphatic heterocycles. The summed E-state index contributed by atoms with van der Waals surface area (Å²) in [5.41, 5.74) is 0.728. The van der Waals surface area contributed by atoms with Crippen molar-refractivity contribution in [2.24, 2.45) is 0 Å². The first-order valence-corrected chi connectivity index (χ1v) is 8.88. The highest BCUT2D eigenvalue weighted by Gasteiger charge is 2.32. The molecular weight excluding hydrogens is 358 g/mol. The van der Waals surface area contributed by atoms with Crippen LogP contribution in [0.3, 0.4) is 0 Å². The van der Waals surface area contributed by atoms with Gasteiger partial charge in [0, 0.05) is 35.0 Å². The number of rotatable bonds is 3. The maximum absolute atomic E-state index is 12.6. The molecule has 1 saturated heterocycles. The van der Waals surface area contributed by atoms with Crippen molar-refractivity contribution in [2.45, 2.75) is 37.5 Å². The van der Waals surface area contributed by atoms with E-state index in [1.54, 1.807) is 0 Å². The Labute approximate surface area is 143 Å². The summed E-state index contributed by atoms with van der Waals surface area (Å²) in [5, 5.41) is 8.38. The van der Waals surface area contributed by atoms with E-state index in [1.165, 1.54) is 12.8 Å². The number of piperidine rings is 1. The third-order valence-electron chi connectivity index (χ3n) is 4.59. The van der Waals surface area contributed by atoms with E-state index in [0.717, 1.165) is 47.7 Å². The van der Waals surface area contributed by atoms with Gasteiger partial charge in [-0.15, -0.1) is 10.2 Å². The number of benzene rings is 1. The van der Waals surface area contributed by atoms with Crippen LogP contribution < -0.4 is 0 Å². The van der Waals surface area contributed by atoms with Crippen molar-refractivity contribution in [1.29, 1.82) is 0 Å². The first-order chi connectivity index (χ1) is 11.2. The third-order valence-corrected chi connectivity index (χ3v) is 5.08. The normalized spacial score (nSPS) is 19.1. The molecule has 0 atom stereocenters. The molecule has 2 heterocycles. The smallest absolute Gasteiger partial charge is 0.253 e. The summed E-state index contributed by atoms with van der Waals surface area (Å²) in [4.78, 5) is 14.5. The van der Waals surface area contributed by atoms with E-state index in [4.69, 9.17) is 4.42 Å². The summed E-state index contributed by atoms with van der Waals surface area (Å²) in [6.07, 6.45) is 4.10. The van der Waals surface area contributed by atoms with Gasteiger partial charge >= 0.3 is 0 Å². The maximum atomic E-state index is 12.6. The van der Waals surface area contributed by atoms with Gasteiger partial charge in [-0.2, -0.15) is 0 Å². The van der Waals surface area contributed by atoms with Crippen LogP contribution in [0.2, 0.25) is 0 Å². The lowest BCUT2D eigenvalue weighted by Gasteiger charge is -2.30. The lowest BCUT2D eigenvalue weighted by atomic mass is 9.96. The predicted molar refractivity (Wildman–Crippen MR) is 88.3 cm³/mol. The number of hydrogen-bond donors (Lipinski definition) is 0. The Bertz CT molecular complexity index is 718. The predicted octanol–water partition coefficient (Wildman–Crippen LogP) is 3.73. The first kappa shape index (κ1) is 14.9. The van der Waals surface area contributed by atoms with Crippen molar-refractivity contribution in [2.75, 3.05) is 13.1 Å². The molecule has 5 nitrogen and oxygen atoms in total. The van der Waals surface area contributed by atoms with Gasteiger partial charge in [-0.05, 0) is 43.9 Å². The average Bonchev–Trinajstić information content (AvgIpc) is 3.32. The van der Waals surface area contributed by atoms with E-state index in [-0.39, 0.29) is 11.8 Å². The van der Waals surface area contributed by atoms with Crippen LogP contribution >= 0.6 is 15.9 Å². The molecule has 2 aromatic rings. The molecule has 0 bridgehead atoms. The molecule has 2 aliphatic rings. The van der Waals surface area contributed by atoms with Crippen LogP contribution in [0.1, 0.15) is 59.7 Å². The molecule has 1 amide bonds. The van der Waals surface area contributed by atoms with Crippen LogP contribution in [0.5, 0.6) is 0 Å². The molecule has 6 heteroatoms. The first-order valence-electron chi connectivity index (χ1n) is 8.09. The number of aromatic nitrogens is 2. The minimum Gasteiger partial charge on any atom is -0.425 e. The number of carbonyl (C=O) groups excluding carboxylic acids is 1. The number of nitrogens with zero attached hydrogens (tertiary/aromatic N) is 3. The zero-order valence-electron chi connectivity index (χ0n) is 12.7. The van der Waals surface area contributed by atoms with Crippen LogP contribution in [-0.4, -0.2) is 34.1 Å². The maximum Gasteiger partial charge on any atom is 0.253 e. The zero-order chi connectivity index (χ0) is 15.8. The molecule has 1 aliphatic carbocycles. The molecule has 1 saturated carbocycles. The summed E-state index contributed by atoms with van der Waals surface area (Å²) in [7, 11) is 0. The van der Waals surface area contributed by atoms with Gasteiger partial charge in [0.25, 0.3) is 5.91 Å². The van der Waals surface area contributed by atoms with Crippen molar-refractivity contribution >= 4 is 21.8 Å². The molecular formula is C17H18BrN3O2. The van der Waals surface area contributed by atoms with Gasteiger partial charge in [0.2, 0.25) is 11.8 Å². The highest BCUT2D eigenvalue weighted by molar-refractivity contribution is 9.10. The van der Waals surface area contributed by atoms with Gasteiger partial charge in [0.05, 0.1) is 0 Å². The van der Waals surface area contributed by atoms with Gasteiger partial charge < -0.3 is 9.32 Å². The molecule has 0 spiro atoms. The second-order valence-electron chi connectivity index (χ2n) is 6.33. The lowest BCUT2D eigenvalue weighted by molar-refractivity contribution is 0.0706. The molecule has 0 radical (unpaired) electrons. The molecule has 4 rings (SSSR count). The molecule has 1 aromatic heterocycles. The fourth-order valence-electron chi connectivity index (χ4n) is 3.04. The highest BCUT2D eigenvalue weighted by atomic mass is 79.9. The Kier molecular flexibility index (Phi) is 3.93. The molecule has 120 valence electrons. The minimum absolute atomic E-state index is 0.0916. The van der Waals surface area contributed by atoms with Gasteiger partial charge in [0.15, 0.2) is 0 Å². The van der Waals surface area contributed by atoms with Crippen molar-refractivity contribution in [3.63, 3.8) is 0 Å². The van der Waals surface area contributed by atoms with E-state index in [9.17, 15) is 4.79 Å². The van der Waals surface area contributed by atoms with Crippen LogP contribution in [0.25, 0.3) is 0 Å². The van der Waals surface area contributed by atoms with Crippen molar-refractivity contribution < 1.29 is 9.21 Å². The number of carbonyl (C=O) groups is 1. The van der Waals surface area contributed by atoms with Crippen molar-refractivity contribution in [3.05, 3.63) is 46.1 Å². The summed E-state index contributed by atoms with van der Waals surface area (Å²) < 4.78 is 6.74. The van der Waals surface area contributed by atoms with E-state index in [0.29, 0.717) is 5.92 Å². The summed E-state index contributed by atoms with van der Waals surface area (Å²) in [6, 6.07) is 7.55. The molecule has 1 aromatic carbocycles. The largest absolute Gasteiger partial charge is 0.425 e. The molecule has 0 N–H and O–H groups in total. The zero-order valence-corrected chi connectivity index (χ0v) is 14.3. The van der Waals surface area contributed by atoms with Gasteiger partial charge in [0.1, 0.15) is 0 Å². The Morgan fingerprint density at radius 2 is 1.74 bits per heavy atom. The molecule has 23 heavy (non-hydrogen) atoms. The van der Waals surface area contributed by atoms with Crippen molar-refractivity contribution in [3.8, 4) is 0 Å². The quantitative estimate of drug-likeness (QED) is 0.819. The van der Waals surface area contributed by atoms with Gasteiger partial charge in [-0.25, -0.2) is 0 Å². The van der Waals surface area contributed by atoms with E-state index in [2.05, 4.69) is 26.1 Å². The lowest BCUT2D eigenvalue weighted by Crippen LogP contribution is -2.38. The highest BCUT2D eigenvalue weighted by Crippen LogP contribution is 2.40. The number of hydrogen-bond acceptors (Lipinski definition) is 4. The topological polar surface area (TPSA) is 59.2 Å². The fourth-order valence-corrected chi connectivity index (χ4v) is 3.44. The van der Waals surface area contributed by atoms with Gasteiger partial charge in [-0.1, -0.05) is 22.0 Å². The second-order valence-corrected chi connectivity index (χ2v) is 7.25. The number of likely N-dealkylation sites (tertiary alicyclic amines) is 1. The molecule has 2 fully saturated rings. The van der Waals surface area contributed by atoms with E-state index < -0.39 is 0 Å². The van der Waals surface area contributed by atoms with Gasteiger partial charge in [-0.3, -0.25) is 4.79 Å². The number of halogens is 1. The van der Waals surface area contributed by atoms with Crippen molar-refractivity contribution in [1.82, 2.24) is 15.1 Å². The summed E-state index contributed by atoms with van der Waals surface area (Å²) in [5.74, 6) is 2.42. The third kappa shape index (κ3) is 3.17. The minimum atomic E-state index is 0.0916.